The lowest BCUT2D eigenvalue weighted by atomic mass is 10.0. The van der Waals surface area contributed by atoms with Crippen molar-refractivity contribution < 1.29 is 9.47 Å². The van der Waals surface area contributed by atoms with Gasteiger partial charge in [0.15, 0.2) is 0 Å². The normalized spacial score (nSPS) is 20.9. The molecule has 2 aliphatic rings. The Morgan fingerprint density at radius 3 is 2.05 bits per heavy atom. The average Bonchev–Trinajstić information content (AvgIpc) is 2.62. The van der Waals surface area contributed by atoms with Crippen molar-refractivity contribution in [1.82, 2.24) is 14.9 Å². The van der Waals surface area contributed by atoms with Crippen molar-refractivity contribution in [3.05, 3.63) is 6.07 Å². The first-order valence-corrected chi connectivity index (χ1v) is 8.26. The second-order valence-electron chi connectivity index (χ2n) is 6.07. The van der Waals surface area contributed by atoms with Crippen LogP contribution in [0.2, 0.25) is 0 Å². The molecule has 0 aromatic carbocycles. The minimum Gasteiger partial charge on any atom is -0.481 e. The van der Waals surface area contributed by atoms with Gasteiger partial charge in [0.1, 0.15) is 0 Å². The van der Waals surface area contributed by atoms with Crippen LogP contribution in [0.3, 0.4) is 0 Å². The zero-order valence-electron chi connectivity index (χ0n) is 13.6. The summed E-state index contributed by atoms with van der Waals surface area (Å²) in [6.07, 6.45) is 6.48. The lowest BCUT2D eigenvalue weighted by Crippen LogP contribution is -2.47. The second kappa shape index (κ2) is 7.13. The third-order valence-corrected chi connectivity index (χ3v) is 4.74. The fourth-order valence-corrected chi connectivity index (χ4v) is 3.46. The monoisotopic (exact) mass is 306 g/mol. The highest BCUT2D eigenvalue weighted by molar-refractivity contribution is 5.37. The molecule has 0 N–H and O–H groups in total. The van der Waals surface area contributed by atoms with E-state index in [9.17, 15) is 0 Å². The molecule has 3 rings (SSSR count). The molecular weight excluding hydrogens is 280 g/mol. The first kappa shape index (κ1) is 15.3. The maximum absolute atomic E-state index is 5.24. The molecule has 2 saturated heterocycles. The molecular formula is C16H26N4O2. The molecule has 122 valence electrons. The Labute approximate surface area is 132 Å². The maximum atomic E-state index is 5.24. The van der Waals surface area contributed by atoms with E-state index in [2.05, 4.69) is 19.8 Å². The molecule has 0 saturated carbocycles. The van der Waals surface area contributed by atoms with Gasteiger partial charge in [-0.05, 0) is 38.8 Å². The van der Waals surface area contributed by atoms with Crippen LogP contribution >= 0.6 is 0 Å². The summed E-state index contributed by atoms with van der Waals surface area (Å²) in [6.45, 7) is 4.54. The van der Waals surface area contributed by atoms with E-state index in [4.69, 9.17) is 9.47 Å². The zero-order chi connectivity index (χ0) is 15.4. The molecule has 0 radical (unpaired) electrons. The van der Waals surface area contributed by atoms with Gasteiger partial charge in [0, 0.05) is 19.1 Å². The summed E-state index contributed by atoms with van der Waals surface area (Å²) in [5.74, 6) is 1.83. The number of nitrogens with zero attached hydrogens (tertiary/aromatic N) is 4. The van der Waals surface area contributed by atoms with Crippen LogP contribution < -0.4 is 14.4 Å². The Morgan fingerprint density at radius 2 is 1.50 bits per heavy atom. The highest BCUT2D eigenvalue weighted by Crippen LogP contribution is 2.25. The second-order valence-corrected chi connectivity index (χ2v) is 6.07. The van der Waals surface area contributed by atoms with Crippen molar-refractivity contribution in [3.63, 3.8) is 0 Å². The highest BCUT2D eigenvalue weighted by atomic mass is 16.5. The molecule has 1 aromatic rings. The number of piperidine rings is 2. The van der Waals surface area contributed by atoms with Crippen LogP contribution in [-0.2, 0) is 0 Å². The van der Waals surface area contributed by atoms with Gasteiger partial charge < -0.3 is 19.3 Å². The maximum Gasteiger partial charge on any atom is 0.231 e. The van der Waals surface area contributed by atoms with Crippen molar-refractivity contribution in [3.8, 4) is 11.8 Å². The molecule has 3 heterocycles. The molecule has 0 amide bonds. The van der Waals surface area contributed by atoms with Gasteiger partial charge >= 0.3 is 0 Å². The summed E-state index contributed by atoms with van der Waals surface area (Å²) in [5, 5.41) is 0. The molecule has 2 aliphatic heterocycles. The standard InChI is InChI=1S/C16H26N4O2/c1-21-14-12-15(22-2)18-16(17-14)20-10-6-13(7-11-20)19-8-4-3-5-9-19/h12-13H,3-11H2,1-2H3. The topological polar surface area (TPSA) is 50.7 Å². The Balaban J connectivity index is 1.63. The third kappa shape index (κ3) is 3.43. The molecule has 0 bridgehead atoms. The van der Waals surface area contributed by atoms with E-state index in [1.165, 1.54) is 45.2 Å². The summed E-state index contributed by atoms with van der Waals surface area (Å²) >= 11 is 0. The molecule has 6 nitrogen and oxygen atoms in total. The first-order valence-electron chi connectivity index (χ1n) is 8.26. The van der Waals surface area contributed by atoms with Crippen LogP contribution in [0.25, 0.3) is 0 Å². The third-order valence-electron chi connectivity index (χ3n) is 4.74. The van der Waals surface area contributed by atoms with Crippen LogP contribution in [0.5, 0.6) is 11.8 Å². The van der Waals surface area contributed by atoms with Crippen LogP contribution in [0.15, 0.2) is 6.07 Å². The van der Waals surface area contributed by atoms with Gasteiger partial charge in [0.2, 0.25) is 17.7 Å². The minimum atomic E-state index is 0.556. The van der Waals surface area contributed by atoms with Crippen molar-refractivity contribution in [2.24, 2.45) is 0 Å². The number of methoxy groups -OCH3 is 2. The van der Waals surface area contributed by atoms with E-state index in [-0.39, 0.29) is 0 Å². The quantitative estimate of drug-likeness (QED) is 0.847. The Hall–Kier alpha value is -1.56. The number of hydrogen-bond acceptors (Lipinski definition) is 6. The van der Waals surface area contributed by atoms with E-state index >= 15 is 0 Å². The summed E-state index contributed by atoms with van der Waals surface area (Å²) in [5.41, 5.74) is 0. The molecule has 1 aromatic heterocycles. The number of hydrogen-bond donors (Lipinski definition) is 0. The summed E-state index contributed by atoms with van der Waals surface area (Å²) in [4.78, 5) is 13.8. The molecule has 6 heteroatoms. The Bertz CT molecular complexity index is 461. The largest absolute Gasteiger partial charge is 0.481 e. The van der Waals surface area contributed by atoms with E-state index in [0.29, 0.717) is 17.7 Å². The number of anilines is 1. The lowest BCUT2D eigenvalue weighted by Gasteiger charge is -2.40. The van der Waals surface area contributed by atoms with Gasteiger partial charge in [-0.25, -0.2) is 0 Å². The van der Waals surface area contributed by atoms with Crippen molar-refractivity contribution in [2.45, 2.75) is 38.1 Å². The number of rotatable bonds is 4. The van der Waals surface area contributed by atoms with Gasteiger partial charge in [-0.2, -0.15) is 9.97 Å². The minimum absolute atomic E-state index is 0.556. The Morgan fingerprint density at radius 1 is 0.909 bits per heavy atom. The van der Waals surface area contributed by atoms with E-state index < -0.39 is 0 Å². The molecule has 2 fully saturated rings. The van der Waals surface area contributed by atoms with Crippen molar-refractivity contribution in [1.29, 1.82) is 0 Å². The van der Waals surface area contributed by atoms with E-state index in [0.717, 1.165) is 19.1 Å². The lowest BCUT2D eigenvalue weighted by molar-refractivity contribution is 0.141. The van der Waals surface area contributed by atoms with Gasteiger partial charge in [0.05, 0.1) is 20.3 Å². The molecule has 0 aliphatic carbocycles. The highest BCUT2D eigenvalue weighted by Gasteiger charge is 2.27. The number of ether oxygens (including phenoxy) is 2. The van der Waals surface area contributed by atoms with Crippen LogP contribution in [-0.4, -0.2) is 61.3 Å². The predicted molar refractivity (Wildman–Crippen MR) is 85.8 cm³/mol. The summed E-state index contributed by atoms with van der Waals surface area (Å²) in [6, 6.07) is 2.44. The summed E-state index contributed by atoms with van der Waals surface area (Å²) < 4.78 is 10.5. The molecule has 22 heavy (non-hydrogen) atoms. The molecule has 0 atom stereocenters. The molecule has 0 unspecified atom stereocenters. The average molecular weight is 306 g/mol. The smallest absolute Gasteiger partial charge is 0.231 e. The fraction of sp³-hybridized carbons (Fsp3) is 0.750. The summed E-state index contributed by atoms with van der Waals surface area (Å²) in [7, 11) is 3.24. The van der Waals surface area contributed by atoms with E-state index in [1.54, 1.807) is 20.3 Å². The van der Waals surface area contributed by atoms with E-state index in [1.807, 2.05) is 0 Å². The van der Waals surface area contributed by atoms with Crippen LogP contribution in [0.1, 0.15) is 32.1 Å². The predicted octanol–water partition coefficient (Wildman–Crippen LogP) is 1.95. The van der Waals surface area contributed by atoms with Crippen LogP contribution in [0, 0.1) is 0 Å². The van der Waals surface area contributed by atoms with Gasteiger partial charge in [-0.3, -0.25) is 0 Å². The Kier molecular flexibility index (Phi) is 4.97. The number of likely N-dealkylation sites (tertiary alicyclic amines) is 1. The SMILES string of the molecule is COc1cc(OC)nc(N2CCC(N3CCCCC3)CC2)n1. The van der Waals surface area contributed by atoms with Crippen molar-refractivity contribution in [2.75, 3.05) is 45.3 Å². The zero-order valence-corrected chi connectivity index (χ0v) is 13.6. The van der Waals surface area contributed by atoms with Gasteiger partial charge in [-0.1, -0.05) is 6.42 Å². The fourth-order valence-electron chi connectivity index (χ4n) is 3.46. The van der Waals surface area contributed by atoms with Gasteiger partial charge in [-0.15, -0.1) is 0 Å². The first-order chi connectivity index (χ1) is 10.8. The number of aromatic nitrogens is 2. The van der Waals surface area contributed by atoms with Crippen LogP contribution in [0.4, 0.5) is 5.95 Å². The van der Waals surface area contributed by atoms with Crippen molar-refractivity contribution >= 4 is 5.95 Å². The van der Waals surface area contributed by atoms with Gasteiger partial charge in [0.25, 0.3) is 0 Å². The molecule has 0 spiro atoms.